The molecule has 0 unspecified atom stereocenters. The second kappa shape index (κ2) is 7.92. The highest BCUT2D eigenvalue weighted by molar-refractivity contribution is 5.92. The van der Waals surface area contributed by atoms with Crippen molar-refractivity contribution in [3.8, 4) is 11.1 Å². The quantitative estimate of drug-likeness (QED) is 0.501. The van der Waals surface area contributed by atoms with Crippen molar-refractivity contribution in [3.63, 3.8) is 0 Å². The van der Waals surface area contributed by atoms with E-state index in [-0.39, 0.29) is 0 Å². The van der Waals surface area contributed by atoms with Crippen LogP contribution in [-0.4, -0.2) is 32.8 Å². The molecule has 1 saturated heterocycles. The molecule has 5 rings (SSSR count). The monoisotopic (exact) mass is 397 g/mol. The highest BCUT2D eigenvalue weighted by atomic mass is 15.3. The van der Waals surface area contributed by atoms with Gasteiger partial charge in [0.25, 0.3) is 0 Å². The Balaban J connectivity index is 1.46. The zero-order chi connectivity index (χ0) is 20.5. The first-order valence-electron chi connectivity index (χ1n) is 10.7. The first-order chi connectivity index (χ1) is 14.7. The van der Waals surface area contributed by atoms with Crippen molar-refractivity contribution in [3.05, 3.63) is 71.3 Å². The van der Waals surface area contributed by atoms with Crippen molar-refractivity contribution >= 4 is 23.2 Å². The van der Waals surface area contributed by atoms with Gasteiger partial charge in [-0.3, -0.25) is 4.68 Å². The molecular weight excluding hydrogens is 370 g/mol. The summed E-state index contributed by atoms with van der Waals surface area (Å²) in [5.74, 6) is 0. The zero-order valence-electron chi connectivity index (χ0n) is 17.5. The van der Waals surface area contributed by atoms with E-state index in [0.717, 1.165) is 53.7 Å². The van der Waals surface area contributed by atoms with Crippen molar-refractivity contribution in [2.75, 3.05) is 13.1 Å². The maximum Gasteiger partial charge on any atom is 0.137 e. The Hall–Kier alpha value is -3.18. The van der Waals surface area contributed by atoms with Crippen LogP contribution in [0.2, 0.25) is 0 Å². The molecule has 0 saturated carbocycles. The van der Waals surface area contributed by atoms with Gasteiger partial charge in [0.05, 0.1) is 12.2 Å². The normalized spacial score (nSPS) is 15.4. The first-order valence-corrected chi connectivity index (χ1v) is 10.7. The van der Waals surface area contributed by atoms with Gasteiger partial charge in [0.1, 0.15) is 5.65 Å². The molecule has 4 heterocycles. The summed E-state index contributed by atoms with van der Waals surface area (Å²) < 4.78 is 2.12. The van der Waals surface area contributed by atoms with E-state index >= 15 is 0 Å². The standard InChI is InChI=1S/C25H27N5/c1-17-4-3-5-18(2)23(17)7-6-19-13-27-25-24(19)12-20(14-28-25)21-15-29-30(16-21)22-8-10-26-11-9-22/h3-7,12-16,22,26H,8-11H2,1-2H3,(H,27,28)/b7-6-. The Morgan fingerprint density at radius 1 is 1.03 bits per heavy atom. The Labute approximate surface area is 176 Å². The summed E-state index contributed by atoms with van der Waals surface area (Å²) in [5, 5.41) is 9.19. The number of hydrogen-bond acceptors (Lipinski definition) is 3. The van der Waals surface area contributed by atoms with Crippen LogP contribution in [0.1, 0.15) is 41.1 Å². The maximum absolute atomic E-state index is 4.65. The largest absolute Gasteiger partial charge is 0.346 e. The summed E-state index contributed by atoms with van der Waals surface area (Å²) in [6, 6.07) is 9.11. The summed E-state index contributed by atoms with van der Waals surface area (Å²) >= 11 is 0. The Kier molecular flexibility index (Phi) is 4.97. The Bertz CT molecular complexity index is 1190. The van der Waals surface area contributed by atoms with E-state index in [4.69, 9.17) is 0 Å². The molecule has 0 bridgehead atoms. The summed E-state index contributed by atoms with van der Waals surface area (Å²) in [7, 11) is 0. The van der Waals surface area contributed by atoms with Gasteiger partial charge in [0.15, 0.2) is 0 Å². The number of nitrogens with zero attached hydrogens (tertiary/aromatic N) is 3. The summed E-state index contributed by atoms with van der Waals surface area (Å²) in [4.78, 5) is 7.95. The number of aromatic amines is 1. The van der Waals surface area contributed by atoms with Gasteiger partial charge in [-0.1, -0.05) is 30.4 Å². The molecule has 1 aliphatic heterocycles. The fourth-order valence-electron chi connectivity index (χ4n) is 4.34. The van der Waals surface area contributed by atoms with Crippen LogP contribution < -0.4 is 5.32 Å². The predicted molar refractivity (Wildman–Crippen MR) is 123 cm³/mol. The molecule has 0 aliphatic carbocycles. The summed E-state index contributed by atoms with van der Waals surface area (Å²) in [6.07, 6.45) is 14.7. The maximum atomic E-state index is 4.65. The van der Waals surface area contributed by atoms with Crippen LogP contribution in [0.4, 0.5) is 0 Å². The van der Waals surface area contributed by atoms with E-state index < -0.39 is 0 Å². The average molecular weight is 398 g/mol. The second-order valence-corrected chi connectivity index (χ2v) is 8.19. The fourth-order valence-corrected chi connectivity index (χ4v) is 4.34. The fraction of sp³-hybridized carbons (Fsp3) is 0.280. The molecule has 1 fully saturated rings. The third kappa shape index (κ3) is 3.57. The highest BCUT2D eigenvalue weighted by Crippen LogP contribution is 2.28. The summed E-state index contributed by atoms with van der Waals surface area (Å²) in [5.41, 5.74) is 8.13. The van der Waals surface area contributed by atoms with Gasteiger partial charge >= 0.3 is 0 Å². The van der Waals surface area contributed by atoms with Gasteiger partial charge in [-0.15, -0.1) is 0 Å². The van der Waals surface area contributed by atoms with E-state index in [2.05, 4.69) is 81.5 Å². The van der Waals surface area contributed by atoms with Crippen molar-refractivity contribution < 1.29 is 0 Å². The first kappa shape index (κ1) is 18.8. The van der Waals surface area contributed by atoms with E-state index in [1.165, 1.54) is 16.7 Å². The molecule has 5 nitrogen and oxygen atoms in total. The molecule has 0 spiro atoms. The van der Waals surface area contributed by atoms with Crippen LogP contribution in [0.5, 0.6) is 0 Å². The molecule has 5 heteroatoms. The molecule has 30 heavy (non-hydrogen) atoms. The molecule has 4 aromatic rings. The number of H-pyrrole nitrogens is 1. The molecule has 2 N–H and O–H groups in total. The predicted octanol–water partition coefficient (Wildman–Crippen LogP) is 5.14. The van der Waals surface area contributed by atoms with Crippen molar-refractivity contribution in [2.45, 2.75) is 32.7 Å². The minimum Gasteiger partial charge on any atom is -0.346 e. The lowest BCUT2D eigenvalue weighted by Gasteiger charge is -2.22. The van der Waals surface area contributed by atoms with Crippen LogP contribution in [-0.2, 0) is 0 Å². The number of fused-ring (bicyclic) bond motifs is 1. The lowest BCUT2D eigenvalue weighted by molar-refractivity contribution is 0.343. The zero-order valence-corrected chi connectivity index (χ0v) is 17.5. The van der Waals surface area contributed by atoms with E-state index in [1.807, 2.05) is 18.6 Å². The third-order valence-corrected chi connectivity index (χ3v) is 6.15. The van der Waals surface area contributed by atoms with Gasteiger partial charge in [0.2, 0.25) is 0 Å². The molecule has 3 aromatic heterocycles. The molecule has 1 aromatic carbocycles. The van der Waals surface area contributed by atoms with Gasteiger partial charge in [-0.05, 0) is 62.5 Å². The van der Waals surface area contributed by atoms with Crippen LogP contribution in [0.25, 0.3) is 34.3 Å². The van der Waals surface area contributed by atoms with Crippen LogP contribution in [0.15, 0.2) is 49.1 Å². The molecule has 0 atom stereocenters. The molecular formula is C25H27N5. The third-order valence-electron chi connectivity index (χ3n) is 6.15. The minimum absolute atomic E-state index is 0.486. The number of piperidine rings is 1. The van der Waals surface area contributed by atoms with E-state index in [0.29, 0.717) is 6.04 Å². The van der Waals surface area contributed by atoms with Gasteiger partial charge < -0.3 is 10.3 Å². The van der Waals surface area contributed by atoms with Crippen molar-refractivity contribution in [1.29, 1.82) is 0 Å². The van der Waals surface area contributed by atoms with Gasteiger partial charge in [-0.2, -0.15) is 5.10 Å². The van der Waals surface area contributed by atoms with Crippen molar-refractivity contribution in [1.82, 2.24) is 25.1 Å². The van der Waals surface area contributed by atoms with Crippen LogP contribution in [0, 0.1) is 13.8 Å². The number of hydrogen-bond donors (Lipinski definition) is 2. The Morgan fingerprint density at radius 3 is 2.63 bits per heavy atom. The van der Waals surface area contributed by atoms with Crippen LogP contribution >= 0.6 is 0 Å². The SMILES string of the molecule is Cc1cccc(C)c1/C=C\c1c[nH]c2ncc(-c3cnn(C4CCNCC4)c3)cc12. The van der Waals surface area contributed by atoms with Gasteiger partial charge in [0, 0.05) is 40.7 Å². The molecule has 152 valence electrons. The lowest BCUT2D eigenvalue weighted by Crippen LogP contribution is -2.29. The average Bonchev–Trinajstić information content (AvgIpc) is 3.41. The lowest BCUT2D eigenvalue weighted by atomic mass is 10.0. The van der Waals surface area contributed by atoms with E-state index in [1.54, 1.807) is 0 Å². The minimum atomic E-state index is 0.486. The number of aryl methyl sites for hydroxylation is 2. The highest BCUT2D eigenvalue weighted by Gasteiger charge is 2.16. The summed E-state index contributed by atoms with van der Waals surface area (Å²) in [6.45, 7) is 6.43. The number of pyridine rings is 1. The number of rotatable bonds is 4. The Morgan fingerprint density at radius 2 is 1.83 bits per heavy atom. The number of aromatic nitrogens is 4. The second-order valence-electron chi connectivity index (χ2n) is 8.19. The topological polar surface area (TPSA) is 58.5 Å². The van der Waals surface area contributed by atoms with Crippen LogP contribution in [0.3, 0.4) is 0 Å². The number of nitrogens with one attached hydrogen (secondary N) is 2. The van der Waals surface area contributed by atoms with Gasteiger partial charge in [-0.25, -0.2) is 4.98 Å². The van der Waals surface area contributed by atoms with E-state index in [9.17, 15) is 0 Å². The molecule has 1 aliphatic rings. The molecule has 0 amide bonds. The number of benzene rings is 1. The smallest absolute Gasteiger partial charge is 0.137 e. The van der Waals surface area contributed by atoms with Crippen molar-refractivity contribution in [2.24, 2.45) is 0 Å². The molecule has 0 radical (unpaired) electrons.